The lowest BCUT2D eigenvalue weighted by molar-refractivity contribution is 0.0695. The molecule has 3 unspecified atom stereocenters. The second-order valence-corrected chi connectivity index (χ2v) is 11.8. The van der Waals surface area contributed by atoms with Crippen LogP contribution in [0.2, 0.25) is 0 Å². The summed E-state index contributed by atoms with van der Waals surface area (Å²) in [4.78, 5) is 3.00. The molecule has 1 N–H and O–H groups in total. The number of nitrogens with one attached hydrogen (secondary N) is 1. The molecule has 1 saturated heterocycles. The highest BCUT2D eigenvalue weighted by molar-refractivity contribution is 7.89. The van der Waals surface area contributed by atoms with E-state index >= 15 is 0 Å². The molecule has 1 saturated carbocycles. The summed E-state index contributed by atoms with van der Waals surface area (Å²) >= 11 is 0. The van der Waals surface area contributed by atoms with Crippen molar-refractivity contribution in [2.45, 2.75) is 68.8 Å². The van der Waals surface area contributed by atoms with E-state index in [0.717, 1.165) is 48.9 Å². The lowest BCUT2D eigenvalue weighted by Gasteiger charge is -2.45. The molecule has 5 rings (SSSR count). The summed E-state index contributed by atoms with van der Waals surface area (Å²) in [7, 11) is -3.65. The Hall–Kier alpha value is -2.21. The van der Waals surface area contributed by atoms with Crippen LogP contribution in [0, 0.1) is 12.8 Å². The minimum Gasteiger partial charge on any atom is -0.300 e. The summed E-state index contributed by atoms with van der Waals surface area (Å²) in [6.45, 7) is 4.25. The van der Waals surface area contributed by atoms with Gasteiger partial charge in [-0.05, 0) is 86.1 Å². The lowest BCUT2D eigenvalue weighted by atomic mass is 9.76. The first-order valence-electron chi connectivity index (χ1n) is 12.8. The average molecular weight is 477 g/mol. The van der Waals surface area contributed by atoms with Gasteiger partial charge in [0, 0.05) is 6.04 Å². The molecule has 34 heavy (non-hydrogen) atoms. The molecule has 1 aliphatic heterocycles. The number of benzene rings is 3. The van der Waals surface area contributed by atoms with Crippen LogP contribution in [0.25, 0.3) is 10.8 Å². The molecule has 0 radical (unpaired) electrons. The van der Waals surface area contributed by atoms with Crippen molar-refractivity contribution in [2.75, 3.05) is 13.1 Å². The number of sulfonamides is 1. The highest BCUT2D eigenvalue weighted by Crippen LogP contribution is 2.40. The third-order valence-corrected chi connectivity index (χ3v) is 9.27. The summed E-state index contributed by atoms with van der Waals surface area (Å²) < 4.78 is 30.4. The maximum atomic E-state index is 13.6. The SMILES string of the molecule is Cc1ccc(S(=O)(=O)NC(c2ccc3ccccc3c2)C2CCCCC2N2CCCCC2)cc1. The number of hydrogen-bond acceptors (Lipinski definition) is 3. The van der Waals surface area contributed by atoms with Crippen LogP contribution in [0.15, 0.2) is 71.6 Å². The third kappa shape index (κ3) is 5.07. The number of piperidine rings is 1. The fourth-order valence-electron chi connectivity index (χ4n) is 5.99. The highest BCUT2D eigenvalue weighted by Gasteiger charge is 2.38. The number of nitrogens with zero attached hydrogens (tertiary/aromatic N) is 1. The standard InChI is InChI=1S/C29H36N2O2S/c1-22-13-17-26(18-14-22)34(32,33)30-29(25-16-15-23-9-3-4-10-24(23)21-25)27-11-5-6-12-28(27)31-19-7-2-8-20-31/h3-4,9-10,13-18,21,27-30H,2,5-8,11-12,19-20H2,1H3. The first kappa shape index (κ1) is 23.5. The van der Waals surface area contributed by atoms with E-state index in [-0.39, 0.29) is 12.0 Å². The minimum absolute atomic E-state index is 0.247. The van der Waals surface area contributed by atoms with Gasteiger partial charge in [0.25, 0.3) is 0 Å². The molecule has 4 nitrogen and oxygen atoms in total. The third-order valence-electron chi connectivity index (χ3n) is 7.82. The van der Waals surface area contributed by atoms with Gasteiger partial charge in [0.15, 0.2) is 0 Å². The molecule has 5 heteroatoms. The Morgan fingerprint density at radius 3 is 2.29 bits per heavy atom. The Labute approximate surface area is 204 Å². The molecule has 0 bridgehead atoms. The van der Waals surface area contributed by atoms with Crippen molar-refractivity contribution >= 4 is 20.8 Å². The van der Waals surface area contributed by atoms with Gasteiger partial charge in [-0.25, -0.2) is 13.1 Å². The van der Waals surface area contributed by atoms with Crippen molar-refractivity contribution in [3.05, 3.63) is 77.9 Å². The van der Waals surface area contributed by atoms with Crippen molar-refractivity contribution in [1.29, 1.82) is 0 Å². The van der Waals surface area contributed by atoms with Crippen molar-refractivity contribution in [1.82, 2.24) is 9.62 Å². The topological polar surface area (TPSA) is 49.4 Å². The van der Waals surface area contributed by atoms with Gasteiger partial charge in [0.2, 0.25) is 10.0 Å². The van der Waals surface area contributed by atoms with Crippen molar-refractivity contribution in [3.8, 4) is 0 Å². The van der Waals surface area contributed by atoms with Crippen LogP contribution in [0.3, 0.4) is 0 Å². The molecule has 2 fully saturated rings. The van der Waals surface area contributed by atoms with E-state index in [1.807, 2.05) is 25.1 Å². The molecule has 0 amide bonds. The molecular weight excluding hydrogens is 440 g/mol. The highest BCUT2D eigenvalue weighted by atomic mass is 32.2. The minimum atomic E-state index is -3.65. The zero-order valence-corrected chi connectivity index (χ0v) is 20.9. The molecule has 3 aromatic carbocycles. The Kier molecular flexibility index (Phi) is 7.05. The Morgan fingerprint density at radius 1 is 0.824 bits per heavy atom. The van der Waals surface area contributed by atoms with Gasteiger partial charge in [0.05, 0.1) is 10.9 Å². The normalized spacial score (nSPS) is 23.1. The second-order valence-electron chi connectivity index (χ2n) is 10.1. The predicted octanol–water partition coefficient (Wildman–Crippen LogP) is 6.21. The van der Waals surface area contributed by atoms with Crippen LogP contribution >= 0.6 is 0 Å². The van der Waals surface area contributed by atoms with E-state index in [1.165, 1.54) is 31.1 Å². The zero-order chi connectivity index (χ0) is 23.5. The van der Waals surface area contributed by atoms with Gasteiger partial charge < -0.3 is 4.90 Å². The number of aryl methyl sites for hydroxylation is 1. The Morgan fingerprint density at radius 2 is 1.53 bits per heavy atom. The van der Waals surface area contributed by atoms with Crippen LogP contribution in [0.4, 0.5) is 0 Å². The molecule has 180 valence electrons. The summed E-state index contributed by atoms with van der Waals surface area (Å²) in [5.74, 6) is 0.258. The summed E-state index contributed by atoms with van der Waals surface area (Å²) in [6.07, 6.45) is 8.40. The second kappa shape index (κ2) is 10.2. The van der Waals surface area contributed by atoms with E-state index in [4.69, 9.17) is 0 Å². The van der Waals surface area contributed by atoms with E-state index in [2.05, 4.69) is 46.0 Å². The predicted molar refractivity (Wildman–Crippen MR) is 139 cm³/mol. The van der Waals surface area contributed by atoms with Gasteiger partial charge in [-0.15, -0.1) is 0 Å². The summed E-state index contributed by atoms with van der Waals surface area (Å²) in [5, 5.41) is 2.34. The fourth-order valence-corrected chi connectivity index (χ4v) is 7.26. The van der Waals surface area contributed by atoms with E-state index in [0.29, 0.717) is 10.9 Å². The van der Waals surface area contributed by atoms with Gasteiger partial charge in [-0.3, -0.25) is 0 Å². The maximum Gasteiger partial charge on any atom is 0.241 e. The van der Waals surface area contributed by atoms with Crippen molar-refractivity contribution < 1.29 is 8.42 Å². The fraction of sp³-hybridized carbons (Fsp3) is 0.448. The van der Waals surface area contributed by atoms with Crippen LogP contribution in [-0.4, -0.2) is 32.4 Å². The quantitative estimate of drug-likeness (QED) is 0.460. The van der Waals surface area contributed by atoms with Crippen LogP contribution in [-0.2, 0) is 10.0 Å². The molecule has 1 aliphatic carbocycles. The van der Waals surface area contributed by atoms with Gasteiger partial charge >= 0.3 is 0 Å². The first-order valence-corrected chi connectivity index (χ1v) is 14.3. The van der Waals surface area contributed by atoms with Crippen LogP contribution < -0.4 is 4.72 Å². The average Bonchev–Trinajstić information content (AvgIpc) is 2.88. The molecule has 2 aliphatic rings. The number of hydrogen-bond donors (Lipinski definition) is 1. The lowest BCUT2D eigenvalue weighted by Crippen LogP contribution is -2.49. The van der Waals surface area contributed by atoms with E-state index < -0.39 is 10.0 Å². The Bertz CT molecular complexity index is 1220. The number of rotatable bonds is 6. The van der Waals surface area contributed by atoms with Crippen molar-refractivity contribution in [3.63, 3.8) is 0 Å². The largest absolute Gasteiger partial charge is 0.300 e. The van der Waals surface area contributed by atoms with E-state index in [9.17, 15) is 8.42 Å². The van der Waals surface area contributed by atoms with Crippen LogP contribution in [0.5, 0.6) is 0 Å². The monoisotopic (exact) mass is 476 g/mol. The number of likely N-dealkylation sites (tertiary alicyclic amines) is 1. The molecule has 3 aromatic rings. The molecule has 3 atom stereocenters. The van der Waals surface area contributed by atoms with E-state index in [1.54, 1.807) is 12.1 Å². The molecular formula is C29H36N2O2S. The summed E-state index contributed by atoms with van der Waals surface area (Å²) in [5.41, 5.74) is 2.13. The Balaban J connectivity index is 1.54. The van der Waals surface area contributed by atoms with Gasteiger partial charge in [-0.1, -0.05) is 73.4 Å². The first-order chi connectivity index (χ1) is 16.5. The molecule has 0 aromatic heterocycles. The zero-order valence-electron chi connectivity index (χ0n) is 20.1. The molecule has 1 heterocycles. The maximum absolute atomic E-state index is 13.6. The van der Waals surface area contributed by atoms with Crippen molar-refractivity contribution in [2.24, 2.45) is 5.92 Å². The van der Waals surface area contributed by atoms with Gasteiger partial charge in [0.1, 0.15) is 0 Å². The molecule has 0 spiro atoms. The number of fused-ring (bicyclic) bond motifs is 1. The summed E-state index contributed by atoms with van der Waals surface area (Å²) in [6, 6.07) is 22.2. The smallest absolute Gasteiger partial charge is 0.241 e. The van der Waals surface area contributed by atoms with Gasteiger partial charge in [-0.2, -0.15) is 0 Å². The van der Waals surface area contributed by atoms with Crippen LogP contribution in [0.1, 0.15) is 62.1 Å².